The van der Waals surface area contributed by atoms with Gasteiger partial charge in [-0.2, -0.15) is 0 Å². The molecule has 0 aromatic carbocycles. The Kier molecular flexibility index (Phi) is 5.20. The van der Waals surface area contributed by atoms with Crippen LogP contribution in [0.4, 0.5) is 0 Å². The molecule has 0 unspecified atom stereocenters. The maximum Gasteiger partial charge on any atom is 0.305 e. The highest BCUT2D eigenvalue weighted by atomic mass is 16.4. The molecule has 0 saturated heterocycles. The van der Waals surface area contributed by atoms with Crippen LogP contribution >= 0.6 is 0 Å². The number of amides is 2. The van der Waals surface area contributed by atoms with Crippen molar-refractivity contribution in [2.45, 2.75) is 63.3 Å². The topological polar surface area (TPSA) is 95.5 Å². The first-order valence-corrected chi connectivity index (χ1v) is 7.81. The van der Waals surface area contributed by atoms with Gasteiger partial charge in [0.1, 0.15) is 0 Å². The van der Waals surface area contributed by atoms with Gasteiger partial charge in [-0.25, -0.2) is 0 Å². The fraction of sp³-hybridized carbons (Fsp3) is 0.800. The van der Waals surface area contributed by atoms with E-state index in [0.717, 1.165) is 44.9 Å². The third-order valence-corrected chi connectivity index (χ3v) is 4.58. The number of carboxylic acid groups (broad SMARTS) is 1. The van der Waals surface area contributed by atoms with E-state index in [1.54, 1.807) is 0 Å². The molecule has 0 aliphatic heterocycles. The summed E-state index contributed by atoms with van der Waals surface area (Å²) >= 11 is 0. The van der Waals surface area contributed by atoms with Crippen LogP contribution in [0.2, 0.25) is 0 Å². The highest BCUT2D eigenvalue weighted by Crippen LogP contribution is 2.34. The van der Waals surface area contributed by atoms with E-state index in [9.17, 15) is 14.4 Å². The second-order valence-corrected chi connectivity index (χ2v) is 6.27. The Hall–Kier alpha value is -1.59. The fourth-order valence-corrected chi connectivity index (χ4v) is 3.23. The third-order valence-electron chi connectivity index (χ3n) is 4.58. The average molecular weight is 296 g/mol. The first-order chi connectivity index (χ1) is 10.0. The predicted molar refractivity (Wildman–Crippen MR) is 76.6 cm³/mol. The zero-order valence-corrected chi connectivity index (χ0v) is 12.3. The van der Waals surface area contributed by atoms with Crippen molar-refractivity contribution in [2.24, 2.45) is 5.92 Å². The Morgan fingerprint density at radius 3 is 2.29 bits per heavy atom. The second-order valence-electron chi connectivity index (χ2n) is 6.27. The Morgan fingerprint density at radius 2 is 1.76 bits per heavy atom. The standard InChI is InChI=1S/C15H24N2O4/c18-12(17-15(7-3-8-15)10-13(19)20)6-9-16-14(21)11-4-1-2-5-11/h11H,1-10H2,(H,16,21)(H,17,18)(H,19,20). The van der Waals surface area contributed by atoms with Crippen molar-refractivity contribution in [3.05, 3.63) is 0 Å². The van der Waals surface area contributed by atoms with Crippen LogP contribution in [0.1, 0.15) is 57.8 Å². The number of hydrogen-bond donors (Lipinski definition) is 3. The van der Waals surface area contributed by atoms with Gasteiger partial charge < -0.3 is 15.7 Å². The number of hydrogen-bond acceptors (Lipinski definition) is 3. The van der Waals surface area contributed by atoms with Crippen LogP contribution in [-0.2, 0) is 14.4 Å². The van der Waals surface area contributed by atoms with Gasteiger partial charge >= 0.3 is 5.97 Å². The van der Waals surface area contributed by atoms with Crippen molar-refractivity contribution < 1.29 is 19.5 Å². The molecular formula is C15H24N2O4. The molecule has 6 heteroatoms. The summed E-state index contributed by atoms with van der Waals surface area (Å²) < 4.78 is 0. The molecule has 0 heterocycles. The van der Waals surface area contributed by atoms with E-state index in [-0.39, 0.29) is 30.6 Å². The maximum atomic E-state index is 11.9. The molecule has 2 fully saturated rings. The molecular weight excluding hydrogens is 272 g/mol. The van der Waals surface area contributed by atoms with Gasteiger partial charge in [0.15, 0.2) is 0 Å². The van der Waals surface area contributed by atoms with Crippen LogP contribution in [0.5, 0.6) is 0 Å². The SMILES string of the molecule is O=C(O)CC1(NC(=O)CCNC(=O)C2CCCC2)CCC1. The molecule has 118 valence electrons. The number of rotatable bonds is 7. The summed E-state index contributed by atoms with van der Waals surface area (Å²) in [5, 5.41) is 14.5. The molecule has 2 aliphatic rings. The van der Waals surface area contributed by atoms with Gasteiger partial charge in [-0.3, -0.25) is 14.4 Å². The Labute approximate surface area is 124 Å². The molecule has 2 amide bonds. The van der Waals surface area contributed by atoms with Crippen molar-refractivity contribution in [3.63, 3.8) is 0 Å². The normalized spacial score (nSPS) is 20.6. The predicted octanol–water partition coefficient (Wildman–Crippen LogP) is 1.20. The lowest BCUT2D eigenvalue weighted by atomic mass is 9.74. The monoisotopic (exact) mass is 296 g/mol. The molecule has 0 spiro atoms. The molecule has 0 radical (unpaired) electrons. The van der Waals surface area contributed by atoms with E-state index >= 15 is 0 Å². The van der Waals surface area contributed by atoms with E-state index in [0.29, 0.717) is 6.54 Å². The quantitative estimate of drug-likeness (QED) is 0.657. The summed E-state index contributed by atoms with van der Waals surface area (Å²) in [5.74, 6) is -0.908. The minimum absolute atomic E-state index is 0.0207. The molecule has 2 saturated carbocycles. The second kappa shape index (κ2) is 6.91. The molecule has 21 heavy (non-hydrogen) atoms. The number of nitrogens with one attached hydrogen (secondary N) is 2. The molecule has 2 aliphatic carbocycles. The fourth-order valence-electron chi connectivity index (χ4n) is 3.23. The Bertz CT molecular complexity index is 412. The van der Waals surface area contributed by atoms with E-state index in [1.807, 2.05) is 0 Å². The summed E-state index contributed by atoms with van der Waals surface area (Å²) in [6.45, 7) is 0.324. The van der Waals surface area contributed by atoms with Gasteiger partial charge in [0, 0.05) is 18.9 Å². The molecule has 0 atom stereocenters. The molecule has 2 rings (SSSR count). The zero-order chi connectivity index (χ0) is 15.3. The van der Waals surface area contributed by atoms with Gasteiger partial charge in [-0.15, -0.1) is 0 Å². The lowest BCUT2D eigenvalue weighted by Gasteiger charge is -2.41. The minimum Gasteiger partial charge on any atom is -0.481 e. The van der Waals surface area contributed by atoms with Crippen LogP contribution in [0.3, 0.4) is 0 Å². The van der Waals surface area contributed by atoms with Crippen LogP contribution in [-0.4, -0.2) is 35.0 Å². The highest BCUT2D eigenvalue weighted by Gasteiger charge is 2.40. The van der Waals surface area contributed by atoms with Crippen molar-refractivity contribution in [2.75, 3.05) is 6.54 Å². The van der Waals surface area contributed by atoms with E-state index in [2.05, 4.69) is 10.6 Å². The zero-order valence-electron chi connectivity index (χ0n) is 12.3. The van der Waals surface area contributed by atoms with E-state index < -0.39 is 11.5 Å². The van der Waals surface area contributed by atoms with Gasteiger partial charge in [0.05, 0.1) is 12.0 Å². The van der Waals surface area contributed by atoms with Gasteiger partial charge in [0.25, 0.3) is 0 Å². The van der Waals surface area contributed by atoms with Crippen molar-refractivity contribution in [1.29, 1.82) is 0 Å². The van der Waals surface area contributed by atoms with Gasteiger partial charge in [-0.05, 0) is 32.1 Å². The van der Waals surface area contributed by atoms with Crippen molar-refractivity contribution in [1.82, 2.24) is 10.6 Å². The number of aliphatic carboxylic acids is 1. The van der Waals surface area contributed by atoms with Crippen LogP contribution in [0.25, 0.3) is 0 Å². The largest absolute Gasteiger partial charge is 0.481 e. The summed E-state index contributed by atoms with van der Waals surface area (Å²) in [5.41, 5.74) is -0.557. The number of carbonyl (C=O) groups is 3. The summed E-state index contributed by atoms with van der Waals surface area (Å²) in [7, 11) is 0. The summed E-state index contributed by atoms with van der Waals surface area (Å²) in [6, 6.07) is 0. The van der Waals surface area contributed by atoms with Crippen LogP contribution in [0, 0.1) is 5.92 Å². The van der Waals surface area contributed by atoms with Gasteiger partial charge in [-0.1, -0.05) is 12.8 Å². The first kappa shape index (κ1) is 15.8. The van der Waals surface area contributed by atoms with E-state index in [4.69, 9.17) is 5.11 Å². The summed E-state index contributed by atoms with van der Waals surface area (Å²) in [6.07, 6.45) is 6.68. The minimum atomic E-state index is -0.885. The molecule has 0 aromatic rings. The van der Waals surface area contributed by atoms with Crippen LogP contribution < -0.4 is 10.6 Å². The van der Waals surface area contributed by atoms with Crippen molar-refractivity contribution >= 4 is 17.8 Å². The lowest BCUT2D eigenvalue weighted by molar-refractivity contribution is -0.140. The van der Waals surface area contributed by atoms with E-state index in [1.165, 1.54) is 0 Å². The maximum absolute atomic E-state index is 11.9. The van der Waals surface area contributed by atoms with Crippen molar-refractivity contribution in [3.8, 4) is 0 Å². The highest BCUT2D eigenvalue weighted by molar-refractivity contribution is 5.81. The van der Waals surface area contributed by atoms with Gasteiger partial charge in [0.2, 0.25) is 11.8 Å². The number of carboxylic acids is 1. The third kappa shape index (κ3) is 4.44. The Balaban J connectivity index is 1.67. The molecule has 6 nitrogen and oxygen atoms in total. The smallest absolute Gasteiger partial charge is 0.305 e. The number of carbonyl (C=O) groups excluding carboxylic acids is 2. The lowest BCUT2D eigenvalue weighted by Crippen LogP contribution is -2.55. The molecule has 3 N–H and O–H groups in total. The average Bonchev–Trinajstić information content (AvgIpc) is 2.89. The van der Waals surface area contributed by atoms with Crippen LogP contribution in [0.15, 0.2) is 0 Å². The molecule has 0 bridgehead atoms. The molecule has 0 aromatic heterocycles. The summed E-state index contributed by atoms with van der Waals surface area (Å²) in [4.78, 5) is 34.5. The Morgan fingerprint density at radius 1 is 1.10 bits per heavy atom. The first-order valence-electron chi connectivity index (χ1n) is 7.81.